The zero-order valence-corrected chi connectivity index (χ0v) is 10.7. The molecule has 0 saturated carbocycles. The second-order valence-electron chi connectivity index (χ2n) is 3.26. The zero-order chi connectivity index (χ0) is 11.5. The summed E-state index contributed by atoms with van der Waals surface area (Å²) in [4.78, 5) is 11.8. The Bertz CT molecular complexity index is 505. The number of halogens is 1. The lowest BCUT2D eigenvalue weighted by Gasteiger charge is -2.03. The molecule has 0 saturated heterocycles. The van der Waals surface area contributed by atoms with Crippen molar-refractivity contribution in [3.05, 3.63) is 45.4 Å². The number of carbonyl (C=O) groups excluding carboxylic acids is 1. The Morgan fingerprint density at radius 1 is 1.38 bits per heavy atom. The van der Waals surface area contributed by atoms with Crippen molar-refractivity contribution in [1.29, 1.82) is 0 Å². The van der Waals surface area contributed by atoms with Crippen LogP contribution >= 0.6 is 22.6 Å². The molecular formula is C11H9IN2O2. The van der Waals surface area contributed by atoms with Crippen LogP contribution in [0.4, 0.5) is 5.69 Å². The lowest BCUT2D eigenvalue weighted by atomic mass is 10.2. The molecule has 0 atom stereocenters. The van der Waals surface area contributed by atoms with Crippen molar-refractivity contribution in [1.82, 2.24) is 5.16 Å². The number of amides is 1. The first-order chi connectivity index (χ1) is 7.66. The van der Waals surface area contributed by atoms with Crippen molar-refractivity contribution < 1.29 is 9.32 Å². The lowest BCUT2D eigenvalue weighted by molar-refractivity contribution is 0.102. The molecule has 1 heterocycles. The van der Waals surface area contributed by atoms with E-state index in [1.54, 1.807) is 6.92 Å². The van der Waals surface area contributed by atoms with E-state index in [9.17, 15) is 4.79 Å². The Labute approximate surface area is 106 Å². The van der Waals surface area contributed by atoms with E-state index in [0.29, 0.717) is 11.3 Å². The van der Waals surface area contributed by atoms with Crippen LogP contribution in [0.15, 0.2) is 35.0 Å². The van der Waals surface area contributed by atoms with Gasteiger partial charge in [-0.15, -0.1) is 0 Å². The number of rotatable bonds is 2. The summed E-state index contributed by atoms with van der Waals surface area (Å²) in [7, 11) is 0. The topological polar surface area (TPSA) is 55.1 Å². The van der Waals surface area contributed by atoms with Crippen LogP contribution in [0, 0.1) is 10.5 Å². The molecule has 1 aromatic heterocycles. The fourth-order valence-electron chi connectivity index (χ4n) is 1.25. The van der Waals surface area contributed by atoms with Crippen molar-refractivity contribution in [3.8, 4) is 0 Å². The number of aromatic nitrogens is 1. The van der Waals surface area contributed by atoms with Crippen molar-refractivity contribution in [2.75, 3.05) is 5.32 Å². The van der Waals surface area contributed by atoms with Gasteiger partial charge in [-0.05, 0) is 53.8 Å². The molecule has 0 radical (unpaired) electrons. The highest BCUT2D eigenvalue weighted by molar-refractivity contribution is 14.1. The SMILES string of the molecule is Cc1oncc1C(=O)Nc1ccc(I)cc1. The molecule has 0 unspecified atom stereocenters. The standard InChI is InChI=1S/C11H9IN2O2/c1-7-10(6-13-16-7)11(15)14-9-4-2-8(12)3-5-9/h2-6H,1H3,(H,14,15). The van der Waals surface area contributed by atoms with Crippen LogP contribution < -0.4 is 5.32 Å². The van der Waals surface area contributed by atoms with Gasteiger partial charge in [-0.3, -0.25) is 4.79 Å². The molecule has 82 valence electrons. The van der Waals surface area contributed by atoms with E-state index < -0.39 is 0 Å². The molecule has 2 rings (SSSR count). The van der Waals surface area contributed by atoms with Gasteiger partial charge < -0.3 is 9.84 Å². The van der Waals surface area contributed by atoms with Crippen LogP contribution in [0.1, 0.15) is 16.1 Å². The van der Waals surface area contributed by atoms with E-state index in [2.05, 4.69) is 33.1 Å². The summed E-state index contributed by atoms with van der Waals surface area (Å²) in [5.74, 6) is 0.308. The number of hydrogen-bond acceptors (Lipinski definition) is 3. The summed E-state index contributed by atoms with van der Waals surface area (Å²) in [6.45, 7) is 1.70. The molecule has 4 nitrogen and oxygen atoms in total. The maximum atomic E-state index is 11.8. The van der Waals surface area contributed by atoms with Crippen LogP contribution in [-0.4, -0.2) is 11.1 Å². The first kappa shape index (κ1) is 11.1. The average Bonchev–Trinajstić information content (AvgIpc) is 2.68. The lowest BCUT2D eigenvalue weighted by Crippen LogP contribution is -2.11. The van der Waals surface area contributed by atoms with Gasteiger partial charge in [0.25, 0.3) is 5.91 Å². The summed E-state index contributed by atoms with van der Waals surface area (Å²) >= 11 is 2.21. The Hall–Kier alpha value is -1.37. The molecule has 1 aromatic carbocycles. The minimum Gasteiger partial charge on any atom is -0.361 e. The third-order valence-electron chi connectivity index (χ3n) is 2.10. The van der Waals surface area contributed by atoms with E-state index in [-0.39, 0.29) is 5.91 Å². The van der Waals surface area contributed by atoms with Crippen molar-refractivity contribution in [3.63, 3.8) is 0 Å². The molecule has 1 N–H and O–H groups in total. The molecule has 0 fully saturated rings. The Kier molecular flexibility index (Phi) is 3.23. The monoisotopic (exact) mass is 328 g/mol. The third-order valence-corrected chi connectivity index (χ3v) is 2.82. The molecule has 16 heavy (non-hydrogen) atoms. The van der Waals surface area contributed by atoms with Crippen LogP contribution in [-0.2, 0) is 0 Å². The van der Waals surface area contributed by atoms with Gasteiger partial charge in [-0.2, -0.15) is 0 Å². The molecule has 5 heteroatoms. The summed E-state index contributed by atoms with van der Waals surface area (Å²) in [6, 6.07) is 7.55. The summed E-state index contributed by atoms with van der Waals surface area (Å²) in [6.07, 6.45) is 1.41. The van der Waals surface area contributed by atoms with Crippen LogP contribution in [0.3, 0.4) is 0 Å². The number of nitrogens with zero attached hydrogens (tertiary/aromatic N) is 1. The fraction of sp³-hybridized carbons (Fsp3) is 0.0909. The highest BCUT2D eigenvalue weighted by Gasteiger charge is 2.12. The van der Waals surface area contributed by atoms with E-state index in [1.807, 2.05) is 24.3 Å². The second-order valence-corrected chi connectivity index (χ2v) is 4.50. The van der Waals surface area contributed by atoms with E-state index in [0.717, 1.165) is 9.26 Å². The molecule has 1 amide bonds. The minimum atomic E-state index is -0.208. The quantitative estimate of drug-likeness (QED) is 0.863. The van der Waals surface area contributed by atoms with Crippen molar-refractivity contribution >= 4 is 34.2 Å². The summed E-state index contributed by atoms with van der Waals surface area (Å²) in [5, 5.41) is 6.33. The molecule has 0 aliphatic heterocycles. The van der Waals surface area contributed by atoms with E-state index >= 15 is 0 Å². The van der Waals surface area contributed by atoms with Gasteiger partial charge in [0.1, 0.15) is 11.3 Å². The van der Waals surface area contributed by atoms with Gasteiger partial charge in [0.05, 0.1) is 6.20 Å². The maximum Gasteiger partial charge on any atom is 0.260 e. The Morgan fingerprint density at radius 3 is 2.62 bits per heavy atom. The zero-order valence-electron chi connectivity index (χ0n) is 8.53. The number of carbonyl (C=O) groups is 1. The van der Waals surface area contributed by atoms with Gasteiger partial charge in [-0.25, -0.2) is 0 Å². The smallest absolute Gasteiger partial charge is 0.260 e. The van der Waals surface area contributed by atoms with E-state index in [4.69, 9.17) is 4.52 Å². The molecule has 2 aromatic rings. The number of nitrogens with one attached hydrogen (secondary N) is 1. The van der Waals surface area contributed by atoms with Gasteiger partial charge >= 0.3 is 0 Å². The van der Waals surface area contributed by atoms with Crippen LogP contribution in [0.5, 0.6) is 0 Å². The van der Waals surface area contributed by atoms with Crippen LogP contribution in [0.25, 0.3) is 0 Å². The predicted molar refractivity (Wildman–Crippen MR) is 68.4 cm³/mol. The molecular weight excluding hydrogens is 319 g/mol. The molecule has 0 bridgehead atoms. The van der Waals surface area contributed by atoms with Crippen LogP contribution in [0.2, 0.25) is 0 Å². The average molecular weight is 328 g/mol. The normalized spacial score (nSPS) is 10.1. The van der Waals surface area contributed by atoms with Gasteiger partial charge in [-0.1, -0.05) is 5.16 Å². The Balaban J connectivity index is 2.14. The third kappa shape index (κ3) is 2.41. The molecule has 0 aliphatic rings. The number of aryl methyl sites for hydroxylation is 1. The van der Waals surface area contributed by atoms with Gasteiger partial charge in [0.15, 0.2) is 0 Å². The van der Waals surface area contributed by atoms with E-state index in [1.165, 1.54) is 6.20 Å². The Morgan fingerprint density at radius 2 is 2.06 bits per heavy atom. The number of anilines is 1. The molecule has 0 spiro atoms. The van der Waals surface area contributed by atoms with Crippen molar-refractivity contribution in [2.45, 2.75) is 6.92 Å². The van der Waals surface area contributed by atoms with Gasteiger partial charge in [0, 0.05) is 9.26 Å². The number of benzene rings is 1. The molecule has 0 aliphatic carbocycles. The van der Waals surface area contributed by atoms with Gasteiger partial charge in [0.2, 0.25) is 0 Å². The summed E-state index contributed by atoms with van der Waals surface area (Å²) < 4.78 is 5.95. The first-order valence-corrected chi connectivity index (χ1v) is 5.73. The first-order valence-electron chi connectivity index (χ1n) is 4.65. The predicted octanol–water partition coefficient (Wildman–Crippen LogP) is 2.84. The summed E-state index contributed by atoms with van der Waals surface area (Å²) in [5.41, 5.74) is 1.21. The minimum absolute atomic E-state index is 0.208. The largest absolute Gasteiger partial charge is 0.361 e. The highest BCUT2D eigenvalue weighted by atomic mass is 127. The fourth-order valence-corrected chi connectivity index (χ4v) is 1.61. The highest BCUT2D eigenvalue weighted by Crippen LogP contribution is 2.13. The second kappa shape index (κ2) is 4.65. The van der Waals surface area contributed by atoms with Crippen molar-refractivity contribution in [2.24, 2.45) is 0 Å². The maximum absolute atomic E-state index is 11.8. The number of hydrogen-bond donors (Lipinski definition) is 1.